The number of alkyl halides is 2. The number of nitrogens with zero attached hydrogens (tertiary/aromatic N) is 3. The van der Waals surface area contributed by atoms with Gasteiger partial charge in [-0.1, -0.05) is 24.1 Å². The van der Waals surface area contributed by atoms with Crippen LogP contribution in [0.25, 0.3) is 11.0 Å². The number of imidazole rings is 1. The normalized spacial score (nSPS) is 10.8. The zero-order valence-electron chi connectivity index (χ0n) is 16.0. The van der Waals surface area contributed by atoms with Crippen molar-refractivity contribution in [2.45, 2.75) is 17.5 Å². The van der Waals surface area contributed by atoms with Gasteiger partial charge in [0.1, 0.15) is 6.54 Å². The van der Waals surface area contributed by atoms with Crippen molar-refractivity contribution in [2.24, 2.45) is 0 Å². The van der Waals surface area contributed by atoms with Crippen molar-refractivity contribution >= 4 is 40.3 Å². The highest BCUT2D eigenvalue weighted by Crippen LogP contribution is 2.28. The number of para-hydroxylation sites is 2. The van der Waals surface area contributed by atoms with Gasteiger partial charge in [0.15, 0.2) is 5.16 Å². The number of carbonyl (C=O) groups is 2. The van der Waals surface area contributed by atoms with Crippen LogP contribution in [-0.4, -0.2) is 45.6 Å². The summed E-state index contributed by atoms with van der Waals surface area (Å²) in [6, 6.07) is 13.6. The molecule has 0 saturated carbocycles. The van der Waals surface area contributed by atoms with Crippen LogP contribution in [0.15, 0.2) is 53.7 Å². The number of rotatable bonds is 7. The van der Waals surface area contributed by atoms with Gasteiger partial charge < -0.3 is 14.8 Å². The maximum Gasteiger partial charge on any atom is 0.291 e. The minimum absolute atomic E-state index is 0.0449. The number of aromatic nitrogens is 2. The molecule has 0 fully saturated rings. The van der Waals surface area contributed by atoms with Crippen LogP contribution in [0.5, 0.6) is 0 Å². The van der Waals surface area contributed by atoms with E-state index in [9.17, 15) is 18.4 Å². The van der Waals surface area contributed by atoms with Gasteiger partial charge in [-0.15, -0.1) is 6.42 Å². The standard InChI is InChI=1S/C21H18F2N4O2S/c1-3-14-7-6-8-15(11-14)24-18(28)12-26(2)19(29)13-27-17-10-5-4-9-16(17)25-21(27)30-20(22)23/h1,4-11,20H,12-13H2,2H3,(H,24,28). The van der Waals surface area contributed by atoms with Crippen LogP contribution in [0.1, 0.15) is 5.56 Å². The molecule has 154 valence electrons. The summed E-state index contributed by atoms with van der Waals surface area (Å²) >= 11 is 0.276. The molecule has 0 spiro atoms. The van der Waals surface area contributed by atoms with E-state index < -0.39 is 17.6 Å². The number of nitrogens with one attached hydrogen (secondary N) is 1. The Kier molecular flexibility index (Phi) is 6.69. The van der Waals surface area contributed by atoms with E-state index in [4.69, 9.17) is 6.42 Å². The molecule has 0 saturated heterocycles. The lowest BCUT2D eigenvalue weighted by atomic mass is 10.2. The average Bonchev–Trinajstić information content (AvgIpc) is 3.04. The molecular weight excluding hydrogens is 410 g/mol. The smallest absolute Gasteiger partial charge is 0.291 e. The summed E-state index contributed by atoms with van der Waals surface area (Å²) < 4.78 is 27.2. The van der Waals surface area contributed by atoms with Crippen molar-refractivity contribution in [1.82, 2.24) is 14.5 Å². The molecule has 1 heterocycles. The van der Waals surface area contributed by atoms with Crippen molar-refractivity contribution in [1.29, 1.82) is 0 Å². The van der Waals surface area contributed by atoms with Crippen molar-refractivity contribution in [3.8, 4) is 12.3 Å². The predicted octanol–water partition coefficient (Wildman–Crippen LogP) is 3.43. The SMILES string of the molecule is C#Cc1cccc(NC(=O)CN(C)C(=O)Cn2c(SC(F)F)nc3ccccc32)c1. The highest BCUT2D eigenvalue weighted by Gasteiger charge is 2.20. The second kappa shape index (κ2) is 9.41. The molecule has 2 aromatic carbocycles. The van der Waals surface area contributed by atoms with Crippen LogP contribution in [0.2, 0.25) is 0 Å². The number of anilines is 1. The van der Waals surface area contributed by atoms with Gasteiger partial charge in [0.05, 0.1) is 17.6 Å². The number of halogens is 2. The lowest BCUT2D eigenvalue weighted by Gasteiger charge is -2.18. The van der Waals surface area contributed by atoms with Gasteiger partial charge in [0.2, 0.25) is 11.8 Å². The van der Waals surface area contributed by atoms with Crippen LogP contribution < -0.4 is 5.32 Å². The molecule has 2 amide bonds. The monoisotopic (exact) mass is 428 g/mol. The highest BCUT2D eigenvalue weighted by atomic mass is 32.2. The first-order chi connectivity index (χ1) is 14.4. The average molecular weight is 428 g/mol. The van der Waals surface area contributed by atoms with E-state index in [1.165, 1.54) is 16.5 Å². The van der Waals surface area contributed by atoms with E-state index in [1.807, 2.05) is 0 Å². The number of terminal acetylenes is 1. The Balaban J connectivity index is 1.69. The fraction of sp³-hybridized carbons (Fsp3) is 0.190. The molecule has 1 aromatic heterocycles. The minimum Gasteiger partial charge on any atom is -0.335 e. The van der Waals surface area contributed by atoms with Crippen molar-refractivity contribution < 1.29 is 18.4 Å². The first kappa shape index (κ1) is 21.3. The number of amides is 2. The van der Waals surface area contributed by atoms with Crippen molar-refractivity contribution in [3.63, 3.8) is 0 Å². The van der Waals surface area contributed by atoms with E-state index in [0.717, 1.165) is 0 Å². The quantitative estimate of drug-likeness (QED) is 0.463. The molecule has 0 aliphatic carbocycles. The minimum atomic E-state index is -2.67. The third kappa shape index (κ3) is 5.15. The lowest BCUT2D eigenvalue weighted by molar-refractivity contribution is -0.133. The molecule has 0 aliphatic heterocycles. The second-order valence-electron chi connectivity index (χ2n) is 6.37. The van der Waals surface area contributed by atoms with E-state index in [0.29, 0.717) is 22.3 Å². The lowest BCUT2D eigenvalue weighted by Crippen LogP contribution is -2.37. The van der Waals surface area contributed by atoms with Gasteiger partial charge in [-0.05, 0) is 42.1 Å². The van der Waals surface area contributed by atoms with Crippen LogP contribution in [0, 0.1) is 12.3 Å². The third-order valence-corrected chi connectivity index (χ3v) is 4.93. The van der Waals surface area contributed by atoms with E-state index in [1.54, 1.807) is 48.5 Å². The van der Waals surface area contributed by atoms with Crippen molar-refractivity contribution in [3.05, 3.63) is 54.1 Å². The fourth-order valence-electron chi connectivity index (χ4n) is 2.82. The molecular formula is C21H18F2N4O2S. The Morgan fingerprint density at radius 2 is 2.03 bits per heavy atom. The summed E-state index contributed by atoms with van der Waals surface area (Å²) in [5.41, 5.74) is 2.22. The first-order valence-electron chi connectivity index (χ1n) is 8.88. The van der Waals surface area contributed by atoms with Gasteiger partial charge >= 0.3 is 0 Å². The first-order valence-corrected chi connectivity index (χ1v) is 9.76. The van der Waals surface area contributed by atoms with Crippen molar-refractivity contribution in [2.75, 3.05) is 18.9 Å². The number of likely N-dealkylation sites (N-methyl/N-ethyl adjacent to an activating group) is 1. The Hall–Kier alpha value is -3.38. The number of hydrogen-bond acceptors (Lipinski definition) is 4. The van der Waals surface area contributed by atoms with Gasteiger partial charge in [-0.2, -0.15) is 8.78 Å². The molecule has 3 aromatic rings. The molecule has 0 aliphatic rings. The summed E-state index contributed by atoms with van der Waals surface area (Å²) in [4.78, 5) is 30.3. The third-order valence-electron chi connectivity index (χ3n) is 4.23. The number of thioether (sulfide) groups is 1. The highest BCUT2D eigenvalue weighted by molar-refractivity contribution is 7.99. The fourth-order valence-corrected chi connectivity index (χ4v) is 3.42. The van der Waals surface area contributed by atoms with E-state index >= 15 is 0 Å². The maximum atomic E-state index is 12.9. The molecule has 3 rings (SSSR count). The van der Waals surface area contributed by atoms with Crippen LogP contribution in [0.3, 0.4) is 0 Å². The van der Waals surface area contributed by atoms with Crippen LogP contribution in [-0.2, 0) is 16.1 Å². The van der Waals surface area contributed by atoms with Gasteiger partial charge in [-0.25, -0.2) is 4.98 Å². The molecule has 30 heavy (non-hydrogen) atoms. The largest absolute Gasteiger partial charge is 0.335 e. The Bertz CT molecular complexity index is 1120. The van der Waals surface area contributed by atoms with Crippen LogP contribution >= 0.6 is 11.8 Å². The number of carbonyl (C=O) groups excluding carboxylic acids is 2. The zero-order chi connectivity index (χ0) is 21.7. The molecule has 1 N–H and O–H groups in total. The summed E-state index contributed by atoms with van der Waals surface area (Å²) in [5.74, 6) is -1.01. The molecule has 0 atom stereocenters. The molecule has 0 bridgehead atoms. The maximum absolute atomic E-state index is 12.9. The zero-order valence-corrected chi connectivity index (χ0v) is 16.8. The molecule has 0 unspecified atom stereocenters. The van der Waals surface area contributed by atoms with Crippen LogP contribution in [0.4, 0.5) is 14.5 Å². The number of benzene rings is 2. The summed E-state index contributed by atoms with van der Waals surface area (Å²) in [7, 11) is 1.47. The molecule has 6 nitrogen and oxygen atoms in total. The number of hydrogen-bond donors (Lipinski definition) is 1. The van der Waals surface area contributed by atoms with E-state index in [-0.39, 0.29) is 30.0 Å². The van der Waals surface area contributed by atoms with Gasteiger partial charge in [0.25, 0.3) is 5.76 Å². The van der Waals surface area contributed by atoms with E-state index in [2.05, 4.69) is 16.2 Å². The number of fused-ring (bicyclic) bond motifs is 1. The van der Waals surface area contributed by atoms with Gasteiger partial charge in [0, 0.05) is 18.3 Å². The predicted molar refractivity (Wildman–Crippen MR) is 112 cm³/mol. The Morgan fingerprint density at radius 3 is 2.77 bits per heavy atom. The Labute approximate surface area is 176 Å². The summed E-state index contributed by atoms with van der Waals surface area (Å²) in [6.45, 7) is -0.422. The summed E-state index contributed by atoms with van der Waals surface area (Å²) in [5, 5.41) is 2.72. The molecule has 9 heteroatoms. The Morgan fingerprint density at radius 1 is 1.27 bits per heavy atom. The van der Waals surface area contributed by atoms with Gasteiger partial charge in [-0.3, -0.25) is 9.59 Å². The molecule has 0 radical (unpaired) electrons. The second-order valence-corrected chi connectivity index (χ2v) is 7.33. The summed E-state index contributed by atoms with van der Waals surface area (Å²) in [6.07, 6.45) is 5.34. The topological polar surface area (TPSA) is 67.2 Å².